The fourth-order valence-corrected chi connectivity index (χ4v) is 2.16. The van der Waals surface area contributed by atoms with Crippen LogP contribution < -0.4 is 10.6 Å². The number of hydrogen-bond acceptors (Lipinski definition) is 3. The van der Waals surface area contributed by atoms with Crippen LogP contribution in [0.4, 0.5) is 5.88 Å². The standard InChI is InChI=1S/C9H13BrN2O/c10-8-3-5-13-9(8)12-4-1-2-7(11)6-12/h3,5,7H,1-2,4,6,11H2. The average molecular weight is 245 g/mol. The molecule has 4 heteroatoms. The molecule has 0 saturated carbocycles. The maximum absolute atomic E-state index is 5.88. The second-order valence-corrected chi connectivity index (χ2v) is 4.28. The molecule has 1 aliphatic heterocycles. The van der Waals surface area contributed by atoms with Crippen LogP contribution in [0.15, 0.2) is 21.2 Å². The second kappa shape index (κ2) is 3.72. The molecule has 1 aromatic heterocycles. The largest absolute Gasteiger partial charge is 0.448 e. The van der Waals surface area contributed by atoms with Crippen molar-refractivity contribution in [1.29, 1.82) is 0 Å². The summed E-state index contributed by atoms with van der Waals surface area (Å²) < 4.78 is 6.39. The lowest BCUT2D eigenvalue weighted by atomic mass is 10.1. The Balaban J connectivity index is 2.12. The van der Waals surface area contributed by atoms with Crippen molar-refractivity contribution in [3.8, 4) is 0 Å². The van der Waals surface area contributed by atoms with Gasteiger partial charge in [-0.25, -0.2) is 0 Å². The van der Waals surface area contributed by atoms with Crippen LogP contribution in [0.2, 0.25) is 0 Å². The zero-order valence-corrected chi connectivity index (χ0v) is 8.96. The predicted octanol–water partition coefficient (Wildman–Crippen LogP) is 1.97. The zero-order chi connectivity index (χ0) is 9.26. The molecule has 1 aliphatic rings. The van der Waals surface area contributed by atoms with Gasteiger partial charge in [-0.15, -0.1) is 0 Å². The molecule has 1 aromatic rings. The normalized spacial score (nSPS) is 23.5. The third kappa shape index (κ3) is 1.89. The first-order chi connectivity index (χ1) is 6.27. The quantitative estimate of drug-likeness (QED) is 0.822. The molecule has 13 heavy (non-hydrogen) atoms. The van der Waals surface area contributed by atoms with Gasteiger partial charge in [-0.1, -0.05) is 0 Å². The molecule has 72 valence electrons. The second-order valence-electron chi connectivity index (χ2n) is 3.42. The minimum Gasteiger partial charge on any atom is -0.448 e. The van der Waals surface area contributed by atoms with Gasteiger partial charge in [-0.05, 0) is 34.8 Å². The van der Waals surface area contributed by atoms with Crippen LogP contribution in [0.1, 0.15) is 12.8 Å². The summed E-state index contributed by atoms with van der Waals surface area (Å²) >= 11 is 3.45. The molecule has 2 rings (SSSR count). The van der Waals surface area contributed by atoms with E-state index >= 15 is 0 Å². The number of nitrogens with two attached hydrogens (primary N) is 1. The van der Waals surface area contributed by atoms with Crippen molar-refractivity contribution in [2.45, 2.75) is 18.9 Å². The van der Waals surface area contributed by atoms with Gasteiger partial charge in [-0.3, -0.25) is 0 Å². The Labute approximate surface area is 86.0 Å². The Hall–Kier alpha value is -0.480. The summed E-state index contributed by atoms with van der Waals surface area (Å²) in [4.78, 5) is 2.19. The summed E-state index contributed by atoms with van der Waals surface area (Å²) in [6, 6.07) is 2.20. The molecule has 1 fully saturated rings. The number of piperidine rings is 1. The molecule has 0 radical (unpaired) electrons. The number of halogens is 1. The third-order valence-corrected chi connectivity index (χ3v) is 2.95. The van der Waals surface area contributed by atoms with Gasteiger partial charge in [0, 0.05) is 19.1 Å². The van der Waals surface area contributed by atoms with Gasteiger partial charge in [0.2, 0.25) is 5.88 Å². The number of hydrogen-bond donors (Lipinski definition) is 1. The van der Waals surface area contributed by atoms with Crippen molar-refractivity contribution in [3.63, 3.8) is 0 Å². The molecule has 2 heterocycles. The Morgan fingerprint density at radius 2 is 2.46 bits per heavy atom. The molecular formula is C9H13BrN2O. The smallest absolute Gasteiger partial charge is 0.209 e. The first kappa shape index (κ1) is 9.09. The van der Waals surface area contributed by atoms with E-state index in [1.807, 2.05) is 6.07 Å². The van der Waals surface area contributed by atoms with Crippen molar-refractivity contribution in [2.24, 2.45) is 5.73 Å². The van der Waals surface area contributed by atoms with E-state index < -0.39 is 0 Å². The Morgan fingerprint density at radius 1 is 1.62 bits per heavy atom. The van der Waals surface area contributed by atoms with E-state index in [9.17, 15) is 0 Å². The lowest BCUT2D eigenvalue weighted by Gasteiger charge is -2.30. The highest BCUT2D eigenvalue weighted by atomic mass is 79.9. The lowest BCUT2D eigenvalue weighted by Crippen LogP contribution is -2.42. The molecule has 0 amide bonds. The third-order valence-electron chi connectivity index (χ3n) is 2.34. The number of anilines is 1. The highest BCUT2D eigenvalue weighted by Gasteiger charge is 2.20. The molecule has 3 nitrogen and oxygen atoms in total. The van der Waals surface area contributed by atoms with Gasteiger partial charge in [0.25, 0.3) is 0 Å². The topological polar surface area (TPSA) is 42.4 Å². The maximum atomic E-state index is 5.88. The van der Waals surface area contributed by atoms with E-state index in [2.05, 4.69) is 20.8 Å². The minimum atomic E-state index is 0.283. The van der Waals surface area contributed by atoms with Crippen LogP contribution in [0.3, 0.4) is 0 Å². The van der Waals surface area contributed by atoms with Crippen molar-refractivity contribution < 1.29 is 4.42 Å². The van der Waals surface area contributed by atoms with Crippen LogP contribution in [-0.4, -0.2) is 19.1 Å². The van der Waals surface area contributed by atoms with Crippen LogP contribution in [0.25, 0.3) is 0 Å². The SMILES string of the molecule is NC1CCCN(c2occc2Br)C1. The number of rotatable bonds is 1. The maximum Gasteiger partial charge on any atom is 0.209 e. The molecule has 0 bridgehead atoms. The highest BCUT2D eigenvalue weighted by molar-refractivity contribution is 9.10. The van der Waals surface area contributed by atoms with E-state index in [1.54, 1.807) is 6.26 Å². The number of nitrogens with zero attached hydrogens (tertiary/aromatic N) is 1. The van der Waals surface area contributed by atoms with E-state index in [4.69, 9.17) is 10.2 Å². The van der Waals surface area contributed by atoms with E-state index in [1.165, 1.54) is 0 Å². The van der Waals surface area contributed by atoms with Crippen molar-refractivity contribution >= 4 is 21.8 Å². The van der Waals surface area contributed by atoms with Crippen molar-refractivity contribution in [1.82, 2.24) is 0 Å². The molecule has 0 aliphatic carbocycles. The molecule has 1 unspecified atom stereocenters. The average Bonchev–Trinajstić information content (AvgIpc) is 2.51. The lowest BCUT2D eigenvalue weighted by molar-refractivity contribution is 0.463. The first-order valence-corrected chi connectivity index (χ1v) is 5.30. The highest BCUT2D eigenvalue weighted by Crippen LogP contribution is 2.29. The first-order valence-electron chi connectivity index (χ1n) is 4.51. The summed E-state index contributed by atoms with van der Waals surface area (Å²) in [5, 5.41) is 0. The van der Waals surface area contributed by atoms with Crippen LogP contribution >= 0.6 is 15.9 Å². The minimum absolute atomic E-state index is 0.283. The fourth-order valence-electron chi connectivity index (χ4n) is 1.71. The zero-order valence-electron chi connectivity index (χ0n) is 7.37. The Morgan fingerprint density at radius 3 is 3.08 bits per heavy atom. The summed E-state index contributed by atoms with van der Waals surface area (Å²) in [5.74, 6) is 0.912. The molecule has 1 atom stereocenters. The molecule has 1 saturated heterocycles. The fraction of sp³-hybridized carbons (Fsp3) is 0.556. The van der Waals surface area contributed by atoms with Gasteiger partial charge in [0.05, 0.1) is 10.7 Å². The number of furan rings is 1. The van der Waals surface area contributed by atoms with Gasteiger partial charge in [0.1, 0.15) is 0 Å². The summed E-state index contributed by atoms with van der Waals surface area (Å²) in [6.45, 7) is 1.94. The monoisotopic (exact) mass is 244 g/mol. The summed E-state index contributed by atoms with van der Waals surface area (Å²) in [7, 11) is 0. The van der Waals surface area contributed by atoms with Gasteiger partial charge < -0.3 is 15.1 Å². The van der Waals surface area contributed by atoms with Crippen LogP contribution in [0.5, 0.6) is 0 Å². The van der Waals surface area contributed by atoms with Crippen molar-refractivity contribution in [3.05, 3.63) is 16.8 Å². The van der Waals surface area contributed by atoms with Gasteiger partial charge in [0.15, 0.2) is 0 Å². The van der Waals surface area contributed by atoms with Gasteiger partial charge in [-0.2, -0.15) is 0 Å². The Bertz CT molecular complexity index is 287. The van der Waals surface area contributed by atoms with E-state index in [0.717, 1.165) is 36.3 Å². The van der Waals surface area contributed by atoms with E-state index in [0.29, 0.717) is 0 Å². The van der Waals surface area contributed by atoms with Crippen LogP contribution in [0, 0.1) is 0 Å². The van der Waals surface area contributed by atoms with E-state index in [-0.39, 0.29) is 6.04 Å². The summed E-state index contributed by atoms with van der Waals surface area (Å²) in [5.41, 5.74) is 5.88. The van der Waals surface area contributed by atoms with Gasteiger partial charge >= 0.3 is 0 Å². The molecular weight excluding hydrogens is 232 g/mol. The summed E-state index contributed by atoms with van der Waals surface area (Å²) in [6.07, 6.45) is 3.96. The molecule has 2 N–H and O–H groups in total. The predicted molar refractivity (Wildman–Crippen MR) is 55.8 cm³/mol. The Kier molecular flexibility index (Phi) is 2.60. The molecule has 0 spiro atoms. The van der Waals surface area contributed by atoms with Crippen molar-refractivity contribution in [2.75, 3.05) is 18.0 Å². The molecule has 0 aromatic carbocycles. The van der Waals surface area contributed by atoms with Crippen LogP contribution in [-0.2, 0) is 0 Å².